The van der Waals surface area contributed by atoms with Gasteiger partial charge in [0.25, 0.3) is 0 Å². The van der Waals surface area contributed by atoms with Gasteiger partial charge in [0, 0.05) is 17.4 Å². The number of methoxy groups -OCH3 is 1. The largest absolute Gasteiger partial charge is 0.468 e. The first-order valence-corrected chi connectivity index (χ1v) is 7.81. The molecule has 5 nitrogen and oxygen atoms in total. The van der Waals surface area contributed by atoms with E-state index in [9.17, 15) is 14.9 Å². The van der Waals surface area contributed by atoms with Gasteiger partial charge in [0.2, 0.25) is 5.91 Å². The van der Waals surface area contributed by atoms with E-state index in [0.29, 0.717) is 15.6 Å². The normalized spacial score (nSPS) is 17.7. The fourth-order valence-electron chi connectivity index (χ4n) is 2.15. The quantitative estimate of drug-likeness (QED) is 0.855. The highest BCUT2D eigenvalue weighted by atomic mass is 35.5. The van der Waals surface area contributed by atoms with E-state index >= 15 is 0 Å². The highest BCUT2D eigenvalue weighted by molar-refractivity contribution is 8.03. The average Bonchev–Trinajstić information content (AvgIpc) is 2.52. The number of carbonyl (C=O) groups excluding carboxylic acids is 2. The summed E-state index contributed by atoms with van der Waals surface area (Å²) in [6.07, 6.45) is 0.148. The third kappa shape index (κ3) is 3.62. The van der Waals surface area contributed by atoms with Crippen molar-refractivity contribution in [1.82, 2.24) is 5.32 Å². The van der Waals surface area contributed by atoms with Crippen molar-refractivity contribution in [2.75, 3.05) is 12.9 Å². The number of allylic oxidation sites excluding steroid dienone is 1. The molecule has 0 fully saturated rings. The summed E-state index contributed by atoms with van der Waals surface area (Å²) in [7, 11) is 1.29. The molecular formula is C15H13ClN2O3S. The van der Waals surface area contributed by atoms with Crippen LogP contribution in [0.15, 0.2) is 34.9 Å². The first-order valence-electron chi connectivity index (χ1n) is 6.45. The number of carbonyl (C=O) groups is 2. The number of nitrogens with zero attached hydrogens (tertiary/aromatic N) is 1. The average molecular weight is 337 g/mol. The molecule has 1 amide bonds. The zero-order chi connectivity index (χ0) is 16.1. The molecule has 1 aliphatic rings. The standard InChI is InChI=1S/C15H13ClN2O3S/c1-21-14(20)8-22-15-11(7-17)10(6-13(19)18-15)9-4-2-3-5-12(9)16/h2-5,10H,6,8H2,1H3,(H,18,19)/t10-/m0/s1. The van der Waals surface area contributed by atoms with Gasteiger partial charge in [0.05, 0.1) is 29.5 Å². The van der Waals surface area contributed by atoms with Gasteiger partial charge in [0.1, 0.15) is 0 Å². The number of rotatable bonds is 4. The van der Waals surface area contributed by atoms with Gasteiger partial charge in [-0.2, -0.15) is 5.26 Å². The van der Waals surface area contributed by atoms with Crippen molar-refractivity contribution in [3.63, 3.8) is 0 Å². The number of esters is 1. The van der Waals surface area contributed by atoms with Crippen molar-refractivity contribution < 1.29 is 14.3 Å². The van der Waals surface area contributed by atoms with Crippen molar-refractivity contribution in [2.45, 2.75) is 12.3 Å². The van der Waals surface area contributed by atoms with Gasteiger partial charge in [-0.15, -0.1) is 0 Å². The number of thioether (sulfide) groups is 1. The predicted octanol–water partition coefficient (Wildman–Crippen LogP) is 2.58. The highest BCUT2D eigenvalue weighted by Gasteiger charge is 2.30. The summed E-state index contributed by atoms with van der Waals surface area (Å²) in [5.41, 5.74) is 1.13. The molecule has 0 saturated carbocycles. The molecule has 7 heteroatoms. The lowest BCUT2D eigenvalue weighted by Gasteiger charge is -2.25. The van der Waals surface area contributed by atoms with Gasteiger partial charge in [-0.05, 0) is 11.6 Å². The Kier molecular flexibility index (Phi) is 5.47. The predicted molar refractivity (Wildman–Crippen MR) is 84.1 cm³/mol. The van der Waals surface area contributed by atoms with Gasteiger partial charge in [-0.3, -0.25) is 9.59 Å². The van der Waals surface area contributed by atoms with Crippen LogP contribution in [0.5, 0.6) is 0 Å². The van der Waals surface area contributed by atoms with Crippen LogP contribution in [0.4, 0.5) is 0 Å². The van der Waals surface area contributed by atoms with Crippen LogP contribution in [-0.2, 0) is 14.3 Å². The summed E-state index contributed by atoms with van der Waals surface area (Å²) in [6.45, 7) is 0. The topological polar surface area (TPSA) is 79.2 Å². The van der Waals surface area contributed by atoms with E-state index in [-0.39, 0.29) is 18.1 Å². The van der Waals surface area contributed by atoms with Crippen molar-refractivity contribution in [3.8, 4) is 6.07 Å². The Labute approximate surface area is 137 Å². The summed E-state index contributed by atoms with van der Waals surface area (Å²) < 4.78 is 4.57. The molecule has 1 aromatic carbocycles. The van der Waals surface area contributed by atoms with Crippen LogP contribution < -0.4 is 5.32 Å². The van der Waals surface area contributed by atoms with E-state index in [0.717, 1.165) is 17.3 Å². The van der Waals surface area contributed by atoms with Crippen molar-refractivity contribution in [1.29, 1.82) is 5.26 Å². The Morgan fingerprint density at radius 3 is 2.91 bits per heavy atom. The minimum atomic E-state index is -0.427. The van der Waals surface area contributed by atoms with Gasteiger partial charge in [-0.1, -0.05) is 41.6 Å². The third-order valence-electron chi connectivity index (χ3n) is 3.20. The Balaban J connectivity index is 2.37. The second-order valence-electron chi connectivity index (χ2n) is 4.55. The monoisotopic (exact) mass is 336 g/mol. The third-order valence-corrected chi connectivity index (χ3v) is 4.53. The van der Waals surface area contributed by atoms with E-state index in [1.165, 1.54) is 7.11 Å². The summed E-state index contributed by atoms with van der Waals surface area (Å²) in [5, 5.41) is 13.0. The fourth-order valence-corrected chi connectivity index (χ4v) is 3.32. The Hall–Kier alpha value is -1.97. The molecule has 1 heterocycles. The molecule has 2 rings (SSSR count). The molecule has 0 aromatic heterocycles. The van der Waals surface area contributed by atoms with Crippen LogP contribution in [0, 0.1) is 11.3 Å². The molecule has 0 spiro atoms. The lowest BCUT2D eigenvalue weighted by molar-refractivity contribution is -0.137. The van der Waals surface area contributed by atoms with Crippen molar-refractivity contribution >= 4 is 35.2 Å². The summed E-state index contributed by atoms with van der Waals surface area (Å²) in [5.74, 6) is -1.03. The molecule has 22 heavy (non-hydrogen) atoms. The second kappa shape index (κ2) is 7.34. The second-order valence-corrected chi connectivity index (χ2v) is 5.94. The van der Waals surface area contributed by atoms with Crippen LogP contribution >= 0.6 is 23.4 Å². The molecule has 0 radical (unpaired) electrons. The Bertz CT molecular complexity index is 682. The van der Waals surface area contributed by atoms with Crippen LogP contribution in [0.1, 0.15) is 17.9 Å². The Morgan fingerprint density at radius 2 is 2.27 bits per heavy atom. The number of nitriles is 1. The van der Waals surface area contributed by atoms with E-state index in [4.69, 9.17) is 11.6 Å². The zero-order valence-electron chi connectivity index (χ0n) is 11.8. The molecule has 1 N–H and O–H groups in total. The number of hydrogen-bond acceptors (Lipinski definition) is 5. The molecule has 114 valence electrons. The first kappa shape index (κ1) is 16.4. The van der Waals surface area contributed by atoms with Crippen molar-refractivity contribution in [3.05, 3.63) is 45.5 Å². The van der Waals surface area contributed by atoms with E-state index < -0.39 is 11.9 Å². The number of halogens is 1. The SMILES string of the molecule is COC(=O)CSC1=C(C#N)[C@H](c2ccccc2Cl)CC(=O)N1. The summed E-state index contributed by atoms with van der Waals surface area (Å²) in [6, 6.07) is 9.24. The molecule has 1 atom stereocenters. The van der Waals surface area contributed by atoms with Crippen LogP contribution in [-0.4, -0.2) is 24.7 Å². The smallest absolute Gasteiger partial charge is 0.316 e. The molecule has 0 aliphatic carbocycles. The van der Waals surface area contributed by atoms with Gasteiger partial charge in [0.15, 0.2) is 0 Å². The minimum Gasteiger partial charge on any atom is -0.468 e. The molecule has 1 aliphatic heterocycles. The van der Waals surface area contributed by atoms with Crippen molar-refractivity contribution in [2.24, 2.45) is 0 Å². The fraction of sp³-hybridized carbons (Fsp3) is 0.267. The minimum absolute atomic E-state index is 0.0204. The summed E-state index contributed by atoms with van der Waals surface area (Å²) >= 11 is 7.26. The maximum absolute atomic E-state index is 11.9. The number of benzene rings is 1. The molecule has 1 aromatic rings. The highest BCUT2D eigenvalue weighted by Crippen LogP contribution is 2.38. The molecular weight excluding hydrogens is 324 g/mol. The number of nitrogens with one attached hydrogen (secondary N) is 1. The maximum Gasteiger partial charge on any atom is 0.316 e. The van der Waals surface area contributed by atoms with Crippen LogP contribution in [0.25, 0.3) is 0 Å². The first-order chi connectivity index (χ1) is 10.6. The maximum atomic E-state index is 11.9. The van der Waals surface area contributed by atoms with E-state index in [1.54, 1.807) is 18.2 Å². The number of hydrogen-bond donors (Lipinski definition) is 1. The molecule has 0 bridgehead atoms. The number of amides is 1. The van der Waals surface area contributed by atoms with E-state index in [1.807, 2.05) is 6.07 Å². The number of ether oxygens (including phenoxy) is 1. The van der Waals surface area contributed by atoms with Crippen LogP contribution in [0.3, 0.4) is 0 Å². The van der Waals surface area contributed by atoms with E-state index in [2.05, 4.69) is 16.1 Å². The zero-order valence-corrected chi connectivity index (χ0v) is 13.3. The van der Waals surface area contributed by atoms with Gasteiger partial charge >= 0.3 is 5.97 Å². The Morgan fingerprint density at radius 1 is 1.55 bits per heavy atom. The van der Waals surface area contributed by atoms with Gasteiger partial charge in [-0.25, -0.2) is 0 Å². The van der Waals surface area contributed by atoms with Crippen LogP contribution in [0.2, 0.25) is 5.02 Å². The lowest BCUT2D eigenvalue weighted by Crippen LogP contribution is -2.31. The molecule has 0 saturated heterocycles. The molecule has 0 unspecified atom stereocenters. The lowest BCUT2D eigenvalue weighted by atomic mass is 9.87. The summed E-state index contributed by atoms with van der Waals surface area (Å²) in [4.78, 5) is 23.2. The van der Waals surface area contributed by atoms with Gasteiger partial charge < -0.3 is 10.1 Å².